The fourth-order valence-electron chi connectivity index (χ4n) is 2.23. The van der Waals surface area contributed by atoms with Crippen LogP contribution < -0.4 is 5.43 Å². The molecule has 0 atom stereocenters. The van der Waals surface area contributed by atoms with Crippen molar-refractivity contribution in [3.05, 3.63) is 64.1 Å². The molecule has 0 fully saturated rings. The van der Waals surface area contributed by atoms with Crippen molar-refractivity contribution >= 4 is 5.97 Å². The number of hydrogen-bond donors (Lipinski definition) is 2. The molecule has 2 aromatic rings. The van der Waals surface area contributed by atoms with Crippen molar-refractivity contribution in [1.29, 1.82) is 0 Å². The minimum atomic E-state index is -0.932. The Labute approximate surface area is 127 Å². The smallest absolute Gasteiger partial charge is 0.317 e. The molecular weight excluding hydrogens is 284 g/mol. The zero-order valence-electron chi connectivity index (χ0n) is 12.3. The molecule has 0 bridgehead atoms. The normalized spacial score (nSPS) is 10.8. The van der Waals surface area contributed by atoms with Gasteiger partial charge in [0.15, 0.2) is 5.75 Å². The van der Waals surface area contributed by atoms with Crippen LogP contribution in [0.2, 0.25) is 0 Å². The van der Waals surface area contributed by atoms with E-state index in [1.165, 1.54) is 12.3 Å². The number of pyridine rings is 1. The lowest BCUT2D eigenvalue weighted by molar-refractivity contribution is -0.138. The van der Waals surface area contributed by atoms with Crippen molar-refractivity contribution in [3.8, 4) is 5.75 Å². The maximum atomic E-state index is 11.6. The number of carboxylic acids is 1. The minimum absolute atomic E-state index is 0.125. The molecule has 0 radical (unpaired) electrons. The van der Waals surface area contributed by atoms with Crippen LogP contribution in [-0.2, 0) is 17.9 Å². The highest BCUT2D eigenvalue weighted by Crippen LogP contribution is 2.11. The molecule has 0 unspecified atom stereocenters. The van der Waals surface area contributed by atoms with Crippen LogP contribution in [0.3, 0.4) is 0 Å². The largest absolute Gasteiger partial charge is 0.503 e. The number of carboxylic acid groups (broad SMARTS) is 1. The molecule has 0 spiro atoms. The zero-order valence-corrected chi connectivity index (χ0v) is 12.3. The van der Waals surface area contributed by atoms with Gasteiger partial charge < -0.3 is 14.8 Å². The lowest BCUT2D eigenvalue weighted by Crippen LogP contribution is -2.27. The van der Waals surface area contributed by atoms with Crippen LogP contribution >= 0.6 is 0 Å². The Balaban J connectivity index is 2.29. The molecule has 0 aliphatic rings. The predicted molar refractivity (Wildman–Crippen MR) is 81.9 cm³/mol. The second-order valence-corrected chi connectivity index (χ2v) is 5.19. The number of carbonyl (C=O) groups is 1. The van der Waals surface area contributed by atoms with Gasteiger partial charge in [0, 0.05) is 24.8 Å². The SMILES string of the molecule is CN(CC(=O)O)Cc1cc(=O)c(O)cn1Cc1ccccc1. The molecule has 1 heterocycles. The zero-order chi connectivity index (χ0) is 16.1. The molecule has 0 saturated carbocycles. The van der Waals surface area contributed by atoms with Gasteiger partial charge in [0.05, 0.1) is 12.7 Å². The third-order valence-corrected chi connectivity index (χ3v) is 3.23. The van der Waals surface area contributed by atoms with Crippen molar-refractivity contribution in [2.24, 2.45) is 0 Å². The van der Waals surface area contributed by atoms with Gasteiger partial charge in [0.2, 0.25) is 5.43 Å². The van der Waals surface area contributed by atoms with Gasteiger partial charge >= 0.3 is 5.97 Å². The number of aromatic nitrogens is 1. The third kappa shape index (κ3) is 4.20. The molecule has 1 aromatic heterocycles. The number of aliphatic carboxylic acids is 1. The van der Waals surface area contributed by atoms with Crippen molar-refractivity contribution in [1.82, 2.24) is 9.47 Å². The fraction of sp³-hybridized carbons (Fsp3) is 0.250. The standard InChI is InChI=1S/C16H18N2O4/c1-17(11-16(21)22)9-13-7-14(19)15(20)10-18(13)8-12-5-3-2-4-6-12/h2-7,10,20H,8-9,11H2,1H3,(H,21,22). The Hall–Kier alpha value is -2.60. The molecule has 6 nitrogen and oxygen atoms in total. The second-order valence-electron chi connectivity index (χ2n) is 5.19. The number of aromatic hydroxyl groups is 1. The molecule has 22 heavy (non-hydrogen) atoms. The summed E-state index contributed by atoms with van der Waals surface area (Å²) in [5.74, 6) is -1.25. The highest BCUT2D eigenvalue weighted by Gasteiger charge is 2.11. The summed E-state index contributed by atoms with van der Waals surface area (Å²) in [5, 5.41) is 18.5. The number of benzene rings is 1. The lowest BCUT2D eigenvalue weighted by atomic mass is 10.2. The number of rotatable bonds is 6. The molecule has 0 saturated heterocycles. The molecule has 0 amide bonds. The first-order valence-electron chi connectivity index (χ1n) is 6.82. The van der Waals surface area contributed by atoms with Gasteiger partial charge in [-0.1, -0.05) is 30.3 Å². The van der Waals surface area contributed by atoms with E-state index < -0.39 is 11.4 Å². The maximum Gasteiger partial charge on any atom is 0.317 e. The summed E-state index contributed by atoms with van der Waals surface area (Å²) >= 11 is 0. The van der Waals surface area contributed by atoms with Crippen LogP contribution in [0.15, 0.2) is 47.4 Å². The van der Waals surface area contributed by atoms with Crippen molar-refractivity contribution < 1.29 is 15.0 Å². The Morgan fingerprint density at radius 1 is 1.27 bits per heavy atom. The van der Waals surface area contributed by atoms with Gasteiger partial charge in [-0.05, 0) is 12.6 Å². The monoisotopic (exact) mass is 302 g/mol. The topological polar surface area (TPSA) is 82.8 Å². The van der Waals surface area contributed by atoms with Gasteiger partial charge in [0.1, 0.15) is 0 Å². The van der Waals surface area contributed by atoms with E-state index in [1.54, 1.807) is 16.5 Å². The summed E-state index contributed by atoms with van der Waals surface area (Å²) in [5.41, 5.74) is 1.20. The van der Waals surface area contributed by atoms with E-state index >= 15 is 0 Å². The first-order chi connectivity index (χ1) is 10.5. The summed E-state index contributed by atoms with van der Waals surface area (Å²) in [7, 11) is 1.66. The van der Waals surface area contributed by atoms with Gasteiger partial charge in [-0.2, -0.15) is 0 Å². The molecule has 0 aliphatic carbocycles. The van der Waals surface area contributed by atoms with E-state index in [9.17, 15) is 14.7 Å². The molecule has 6 heteroatoms. The van der Waals surface area contributed by atoms with Crippen LogP contribution in [0.4, 0.5) is 0 Å². The number of likely N-dealkylation sites (N-methyl/N-ethyl adjacent to an activating group) is 1. The van der Waals surface area contributed by atoms with Crippen molar-refractivity contribution in [2.45, 2.75) is 13.1 Å². The van der Waals surface area contributed by atoms with Crippen molar-refractivity contribution in [2.75, 3.05) is 13.6 Å². The van der Waals surface area contributed by atoms with E-state index in [2.05, 4.69) is 0 Å². The first kappa shape index (κ1) is 15.8. The molecular formula is C16H18N2O4. The van der Waals surface area contributed by atoms with Crippen LogP contribution in [-0.4, -0.2) is 39.2 Å². The minimum Gasteiger partial charge on any atom is -0.503 e. The second kappa shape index (κ2) is 6.91. The van der Waals surface area contributed by atoms with Gasteiger partial charge in [0.25, 0.3) is 0 Å². The summed E-state index contributed by atoms with van der Waals surface area (Å²) in [6, 6.07) is 11.0. The predicted octanol–water partition coefficient (Wildman–Crippen LogP) is 1.12. The van der Waals surface area contributed by atoms with Crippen LogP contribution in [0, 0.1) is 0 Å². The Kier molecular flexibility index (Phi) is 4.95. The average molecular weight is 302 g/mol. The fourth-order valence-corrected chi connectivity index (χ4v) is 2.23. The third-order valence-electron chi connectivity index (χ3n) is 3.23. The number of nitrogens with zero attached hydrogens (tertiary/aromatic N) is 2. The summed E-state index contributed by atoms with van der Waals surface area (Å²) in [4.78, 5) is 24.0. The first-order valence-corrected chi connectivity index (χ1v) is 6.82. The van der Waals surface area contributed by atoms with Crippen LogP contribution in [0.5, 0.6) is 5.75 Å². The Morgan fingerprint density at radius 3 is 2.59 bits per heavy atom. The molecule has 0 aliphatic heterocycles. The molecule has 2 rings (SSSR count). The van der Waals surface area contributed by atoms with E-state index in [4.69, 9.17) is 5.11 Å². The average Bonchev–Trinajstić information content (AvgIpc) is 2.44. The summed E-state index contributed by atoms with van der Waals surface area (Å²) < 4.78 is 1.75. The van der Waals surface area contributed by atoms with Gasteiger partial charge in [-0.25, -0.2) is 0 Å². The molecule has 2 N–H and O–H groups in total. The highest BCUT2D eigenvalue weighted by molar-refractivity contribution is 5.69. The lowest BCUT2D eigenvalue weighted by Gasteiger charge is -2.19. The van der Waals surface area contributed by atoms with E-state index in [1.807, 2.05) is 30.3 Å². The van der Waals surface area contributed by atoms with Crippen molar-refractivity contribution in [3.63, 3.8) is 0 Å². The van der Waals surface area contributed by atoms with Gasteiger partial charge in [-0.3, -0.25) is 14.5 Å². The van der Waals surface area contributed by atoms with Crippen LogP contribution in [0.1, 0.15) is 11.3 Å². The highest BCUT2D eigenvalue weighted by atomic mass is 16.4. The maximum absolute atomic E-state index is 11.6. The molecule has 1 aromatic carbocycles. The summed E-state index contributed by atoms with van der Waals surface area (Å²) in [6.07, 6.45) is 1.39. The summed E-state index contributed by atoms with van der Waals surface area (Å²) in [6.45, 7) is 0.667. The number of hydrogen-bond acceptors (Lipinski definition) is 4. The van der Waals surface area contributed by atoms with E-state index in [0.717, 1.165) is 5.56 Å². The van der Waals surface area contributed by atoms with Gasteiger partial charge in [-0.15, -0.1) is 0 Å². The Bertz CT molecular complexity index is 710. The van der Waals surface area contributed by atoms with E-state index in [-0.39, 0.29) is 12.3 Å². The Morgan fingerprint density at radius 2 is 1.95 bits per heavy atom. The quantitative estimate of drug-likeness (QED) is 0.835. The van der Waals surface area contributed by atoms with E-state index in [0.29, 0.717) is 18.8 Å². The molecule has 116 valence electrons. The van der Waals surface area contributed by atoms with Crippen LogP contribution in [0.25, 0.3) is 0 Å².